The Bertz CT molecular complexity index is 1090. The van der Waals surface area contributed by atoms with E-state index in [1.165, 1.54) is 30.6 Å². The number of anilines is 2. The molecule has 2 aromatic heterocycles. The van der Waals surface area contributed by atoms with Crippen LogP contribution in [-0.2, 0) is 0 Å². The first-order valence-electron chi connectivity index (χ1n) is 9.97. The maximum atomic E-state index is 13.1. The van der Waals surface area contributed by atoms with Crippen LogP contribution in [0.1, 0.15) is 52.8 Å². The average molecular weight is 473 g/mol. The Morgan fingerprint density at radius 2 is 2.03 bits per heavy atom. The Balaban J connectivity index is 1.75. The van der Waals surface area contributed by atoms with E-state index in [0.717, 1.165) is 49.7 Å². The van der Waals surface area contributed by atoms with Crippen LogP contribution in [0.25, 0.3) is 10.2 Å². The standard InChI is InChI=1S/C22H25BrN4OS/c1-12-8-9-17(16(23)11-12)26-21(28)19-14(3)18-20(24-15(4)25-22(18)29-19)27-10-6-5-7-13(27)2/h8-9,11,13H,5-7,10H2,1-4H3,(H,26,28)/t13-/m0/s1. The molecule has 0 aliphatic carbocycles. The highest BCUT2D eigenvalue weighted by atomic mass is 79.9. The van der Waals surface area contributed by atoms with Gasteiger partial charge in [-0.25, -0.2) is 9.97 Å². The number of hydrogen-bond acceptors (Lipinski definition) is 5. The molecule has 152 valence electrons. The highest BCUT2D eigenvalue weighted by Crippen LogP contribution is 2.38. The molecule has 29 heavy (non-hydrogen) atoms. The predicted octanol–water partition coefficient (Wildman–Crippen LogP) is 6.01. The Hall–Kier alpha value is -1.99. The Morgan fingerprint density at radius 3 is 2.76 bits per heavy atom. The summed E-state index contributed by atoms with van der Waals surface area (Å²) in [6, 6.07) is 6.35. The third-order valence-corrected chi connectivity index (χ3v) is 7.38. The average Bonchev–Trinajstić information content (AvgIpc) is 3.00. The molecule has 7 heteroatoms. The number of aryl methyl sites for hydroxylation is 3. The number of fused-ring (bicyclic) bond motifs is 1. The molecule has 0 unspecified atom stereocenters. The summed E-state index contributed by atoms with van der Waals surface area (Å²) in [7, 11) is 0. The van der Waals surface area contributed by atoms with E-state index in [2.05, 4.69) is 38.1 Å². The van der Waals surface area contributed by atoms with Crippen LogP contribution < -0.4 is 10.2 Å². The predicted molar refractivity (Wildman–Crippen MR) is 124 cm³/mol. The molecule has 1 N–H and O–H groups in total. The topological polar surface area (TPSA) is 58.1 Å². The van der Waals surface area contributed by atoms with Crippen molar-refractivity contribution >= 4 is 54.9 Å². The van der Waals surface area contributed by atoms with Gasteiger partial charge in [0.2, 0.25) is 0 Å². The lowest BCUT2D eigenvalue weighted by Gasteiger charge is -2.35. The van der Waals surface area contributed by atoms with Crippen LogP contribution >= 0.6 is 27.3 Å². The number of halogens is 1. The molecule has 0 radical (unpaired) electrons. The van der Waals surface area contributed by atoms with Crippen molar-refractivity contribution in [2.24, 2.45) is 0 Å². The van der Waals surface area contributed by atoms with Crippen LogP contribution in [0, 0.1) is 20.8 Å². The summed E-state index contributed by atoms with van der Waals surface area (Å²) in [5.74, 6) is 1.62. The first-order valence-corrected chi connectivity index (χ1v) is 11.6. The molecule has 4 rings (SSSR count). The van der Waals surface area contributed by atoms with Crippen molar-refractivity contribution in [1.29, 1.82) is 0 Å². The first kappa shape index (κ1) is 20.3. The molecular formula is C22H25BrN4OS. The molecule has 5 nitrogen and oxygen atoms in total. The molecule has 1 aliphatic heterocycles. The lowest BCUT2D eigenvalue weighted by Crippen LogP contribution is -2.38. The molecule has 1 saturated heterocycles. The molecule has 1 fully saturated rings. The normalized spacial score (nSPS) is 17.0. The van der Waals surface area contributed by atoms with Crippen molar-refractivity contribution in [2.45, 2.75) is 53.0 Å². The second-order valence-corrected chi connectivity index (χ2v) is 9.66. The van der Waals surface area contributed by atoms with Gasteiger partial charge in [0.25, 0.3) is 5.91 Å². The van der Waals surface area contributed by atoms with E-state index >= 15 is 0 Å². The van der Waals surface area contributed by atoms with Gasteiger partial charge in [-0.1, -0.05) is 6.07 Å². The maximum Gasteiger partial charge on any atom is 0.266 e. The largest absolute Gasteiger partial charge is 0.353 e. The van der Waals surface area contributed by atoms with Crippen LogP contribution in [0.5, 0.6) is 0 Å². The quantitative estimate of drug-likeness (QED) is 0.506. The fourth-order valence-corrected chi connectivity index (χ4v) is 5.67. The van der Waals surface area contributed by atoms with Crippen molar-refractivity contribution in [3.63, 3.8) is 0 Å². The lowest BCUT2D eigenvalue weighted by molar-refractivity contribution is 0.103. The summed E-state index contributed by atoms with van der Waals surface area (Å²) in [4.78, 5) is 26.5. The van der Waals surface area contributed by atoms with Crippen molar-refractivity contribution in [2.75, 3.05) is 16.8 Å². The molecule has 3 heterocycles. The van der Waals surface area contributed by atoms with Crippen molar-refractivity contribution in [1.82, 2.24) is 9.97 Å². The number of piperidine rings is 1. The summed E-state index contributed by atoms with van der Waals surface area (Å²) in [6.45, 7) is 9.22. The number of benzene rings is 1. The molecule has 1 aromatic carbocycles. The molecule has 0 saturated carbocycles. The van der Waals surface area contributed by atoms with E-state index in [-0.39, 0.29) is 5.91 Å². The van der Waals surface area contributed by atoms with Crippen molar-refractivity contribution < 1.29 is 4.79 Å². The van der Waals surface area contributed by atoms with Gasteiger partial charge in [-0.15, -0.1) is 11.3 Å². The molecule has 3 aromatic rings. The molecule has 1 amide bonds. The van der Waals surface area contributed by atoms with Crippen LogP contribution in [0.2, 0.25) is 0 Å². The van der Waals surface area contributed by atoms with Gasteiger partial charge in [0, 0.05) is 17.1 Å². The van der Waals surface area contributed by atoms with Crippen LogP contribution in [0.15, 0.2) is 22.7 Å². The highest BCUT2D eigenvalue weighted by molar-refractivity contribution is 9.10. The fourth-order valence-electron chi connectivity index (χ4n) is 3.96. The number of nitrogens with zero attached hydrogens (tertiary/aromatic N) is 3. The molecule has 1 aliphatic rings. The zero-order valence-corrected chi connectivity index (χ0v) is 19.6. The van der Waals surface area contributed by atoms with Crippen LogP contribution in [0.3, 0.4) is 0 Å². The van der Waals surface area contributed by atoms with Gasteiger partial charge in [-0.3, -0.25) is 4.79 Å². The summed E-state index contributed by atoms with van der Waals surface area (Å²) in [5.41, 5.74) is 2.86. The molecule has 0 bridgehead atoms. The monoisotopic (exact) mass is 472 g/mol. The molecule has 0 spiro atoms. The van der Waals surface area contributed by atoms with E-state index in [4.69, 9.17) is 4.98 Å². The number of aromatic nitrogens is 2. The second kappa shape index (κ2) is 8.03. The van der Waals surface area contributed by atoms with Gasteiger partial charge in [0.1, 0.15) is 16.5 Å². The minimum absolute atomic E-state index is 0.106. The number of nitrogens with one attached hydrogen (secondary N) is 1. The van der Waals surface area contributed by atoms with Gasteiger partial charge in [0.15, 0.2) is 0 Å². The molecular weight excluding hydrogens is 448 g/mol. The van der Waals surface area contributed by atoms with E-state index in [0.29, 0.717) is 10.9 Å². The number of carbonyl (C=O) groups excluding carboxylic acids is 1. The van der Waals surface area contributed by atoms with E-state index < -0.39 is 0 Å². The number of carbonyl (C=O) groups is 1. The number of amides is 1. The lowest BCUT2D eigenvalue weighted by atomic mass is 10.0. The highest BCUT2D eigenvalue weighted by Gasteiger charge is 2.26. The van der Waals surface area contributed by atoms with Crippen molar-refractivity contribution in [3.8, 4) is 0 Å². The zero-order valence-electron chi connectivity index (χ0n) is 17.2. The molecule has 1 atom stereocenters. The number of thiophene rings is 1. The van der Waals surface area contributed by atoms with Crippen LogP contribution in [0.4, 0.5) is 11.5 Å². The minimum atomic E-state index is -0.106. The van der Waals surface area contributed by atoms with Crippen molar-refractivity contribution in [3.05, 3.63) is 44.5 Å². The van der Waals surface area contributed by atoms with Gasteiger partial charge >= 0.3 is 0 Å². The SMILES string of the molecule is Cc1ccc(NC(=O)c2sc3nc(C)nc(N4CCCC[C@@H]4C)c3c2C)c(Br)c1. The Labute approximate surface area is 183 Å². The second-order valence-electron chi connectivity index (χ2n) is 7.81. The van der Waals surface area contributed by atoms with E-state index in [1.807, 2.05) is 39.0 Å². The van der Waals surface area contributed by atoms with Gasteiger partial charge in [-0.05, 0) is 86.1 Å². The third kappa shape index (κ3) is 3.90. The zero-order chi connectivity index (χ0) is 20.7. The number of rotatable bonds is 3. The summed E-state index contributed by atoms with van der Waals surface area (Å²) >= 11 is 4.99. The van der Waals surface area contributed by atoms with Crippen LogP contribution in [-0.4, -0.2) is 28.5 Å². The maximum absolute atomic E-state index is 13.1. The minimum Gasteiger partial charge on any atom is -0.353 e. The van der Waals surface area contributed by atoms with Gasteiger partial charge < -0.3 is 10.2 Å². The smallest absolute Gasteiger partial charge is 0.266 e. The fraction of sp³-hybridized carbons (Fsp3) is 0.409. The Morgan fingerprint density at radius 1 is 1.24 bits per heavy atom. The van der Waals surface area contributed by atoms with E-state index in [1.54, 1.807) is 0 Å². The Kier molecular flexibility index (Phi) is 5.62. The summed E-state index contributed by atoms with van der Waals surface area (Å²) in [5, 5.41) is 4.06. The van der Waals surface area contributed by atoms with Gasteiger partial charge in [0.05, 0.1) is 16.0 Å². The third-order valence-electron chi connectivity index (χ3n) is 5.54. The van der Waals surface area contributed by atoms with Gasteiger partial charge in [-0.2, -0.15) is 0 Å². The van der Waals surface area contributed by atoms with E-state index in [9.17, 15) is 4.79 Å². The number of hydrogen-bond donors (Lipinski definition) is 1. The summed E-state index contributed by atoms with van der Waals surface area (Å²) < 4.78 is 0.878. The summed E-state index contributed by atoms with van der Waals surface area (Å²) in [6.07, 6.45) is 3.60. The first-order chi connectivity index (χ1) is 13.8.